The average molecular weight is 380 g/mol. The Labute approximate surface area is 162 Å². The minimum atomic E-state index is -1.36. The summed E-state index contributed by atoms with van der Waals surface area (Å²) in [6, 6.07) is 11.3. The van der Waals surface area contributed by atoms with E-state index in [2.05, 4.69) is 0 Å². The van der Waals surface area contributed by atoms with E-state index in [0.717, 1.165) is 11.1 Å². The van der Waals surface area contributed by atoms with Crippen molar-refractivity contribution in [2.45, 2.75) is 32.3 Å². The number of fused-ring (bicyclic) bond motifs is 1. The van der Waals surface area contributed by atoms with Gasteiger partial charge in [-0.3, -0.25) is 4.79 Å². The Morgan fingerprint density at radius 3 is 2.32 bits per heavy atom. The standard InChI is InChI=1S/C22H20O6/c1-22(2,21(26)27)28-17-9-10-18-15(12-17)7-8-16(19(18)23)11-13-3-5-14(6-4-13)20(24)25/h3-6,9-12H,7-8H2,1-2H3,(H,24,25)(H,26,27). The van der Waals surface area contributed by atoms with Crippen LogP contribution in [-0.2, 0) is 11.2 Å². The van der Waals surface area contributed by atoms with Gasteiger partial charge in [0.05, 0.1) is 5.56 Å². The van der Waals surface area contributed by atoms with Gasteiger partial charge in [0.1, 0.15) is 5.75 Å². The van der Waals surface area contributed by atoms with Crippen LogP contribution in [0.25, 0.3) is 6.08 Å². The van der Waals surface area contributed by atoms with Crippen molar-refractivity contribution in [2.24, 2.45) is 0 Å². The van der Waals surface area contributed by atoms with E-state index < -0.39 is 17.5 Å². The molecule has 0 saturated carbocycles. The maximum absolute atomic E-state index is 12.8. The second kappa shape index (κ2) is 7.31. The van der Waals surface area contributed by atoms with Crippen molar-refractivity contribution in [3.05, 3.63) is 70.3 Å². The van der Waals surface area contributed by atoms with Crippen LogP contribution in [0.4, 0.5) is 0 Å². The molecule has 6 nitrogen and oxygen atoms in total. The zero-order valence-corrected chi connectivity index (χ0v) is 15.6. The van der Waals surface area contributed by atoms with Gasteiger partial charge in [0, 0.05) is 11.1 Å². The Bertz CT molecular complexity index is 983. The van der Waals surface area contributed by atoms with Gasteiger partial charge in [0.2, 0.25) is 0 Å². The lowest BCUT2D eigenvalue weighted by Gasteiger charge is -2.23. The van der Waals surface area contributed by atoms with Gasteiger partial charge in [-0.25, -0.2) is 9.59 Å². The van der Waals surface area contributed by atoms with Gasteiger partial charge < -0.3 is 14.9 Å². The number of Topliss-reactive ketones (excluding diaryl/α,β-unsaturated/α-hetero) is 1. The molecule has 0 spiro atoms. The summed E-state index contributed by atoms with van der Waals surface area (Å²) in [6.07, 6.45) is 2.94. The van der Waals surface area contributed by atoms with Gasteiger partial charge >= 0.3 is 11.9 Å². The van der Waals surface area contributed by atoms with Crippen LogP contribution in [-0.4, -0.2) is 33.5 Å². The second-order valence-corrected chi connectivity index (χ2v) is 7.16. The molecule has 0 aromatic heterocycles. The molecule has 0 atom stereocenters. The molecular weight excluding hydrogens is 360 g/mol. The van der Waals surface area contributed by atoms with Crippen molar-refractivity contribution in [3.63, 3.8) is 0 Å². The number of rotatable bonds is 5. The van der Waals surface area contributed by atoms with Crippen molar-refractivity contribution in [3.8, 4) is 5.75 Å². The summed E-state index contributed by atoms with van der Waals surface area (Å²) in [5.74, 6) is -1.74. The molecule has 0 unspecified atom stereocenters. The van der Waals surface area contributed by atoms with Crippen LogP contribution in [0.5, 0.6) is 5.75 Å². The Balaban J connectivity index is 1.83. The molecule has 0 fully saturated rings. The van der Waals surface area contributed by atoms with Crippen LogP contribution in [0.3, 0.4) is 0 Å². The molecule has 2 N–H and O–H groups in total. The van der Waals surface area contributed by atoms with Gasteiger partial charge in [-0.15, -0.1) is 0 Å². The summed E-state index contributed by atoms with van der Waals surface area (Å²) >= 11 is 0. The van der Waals surface area contributed by atoms with E-state index in [-0.39, 0.29) is 11.3 Å². The Hall–Kier alpha value is -3.41. The highest BCUT2D eigenvalue weighted by Gasteiger charge is 2.30. The topological polar surface area (TPSA) is 101 Å². The normalized spacial score (nSPS) is 15.2. The van der Waals surface area contributed by atoms with E-state index >= 15 is 0 Å². The van der Waals surface area contributed by atoms with Gasteiger partial charge in [-0.1, -0.05) is 12.1 Å². The van der Waals surface area contributed by atoms with Gasteiger partial charge in [0.15, 0.2) is 11.4 Å². The van der Waals surface area contributed by atoms with Crippen LogP contribution >= 0.6 is 0 Å². The van der Waals surface area contributed by atoms with Crippen LogP contribution in [0.1, 0.15) is 52.1 Å². The fourth-order valence-corrected chi connectivity index (χ4v) is 3.02. The lowest BCUT2D eigenvalue weighted by Crippen LogP contribution is -2.37. The molecule has 0 heterocycles. The van der Waals surface area contributed by atoms with E-state index in [9.17, 15) is 19.5 Å². The first kappa shape index (κ1) is 19.4. The second-order valence-electron chi connectivity index (χ2n) is 7.16. The minimum Gasteiger partial charge on any atom is -0.478 e. The molecule has 2 aromatic rings. The molecule has 0 aliphatic heterocycles. The first-order valence-corrected chi connectivity index (χ1v) is 8.81. The number of carbonyl (C=O) groups is 3. The molecule has 1 aliphatic rings. The lowest BCUT2D eigenvalue weighted by atomic mass is 9.86. The third-order valence-corrected chi connectivity index (χ3v) is 4.66. The number of carboxylic acid groups (broad SMARTS) is 2. The molecule has 3 rings (SSSR count). The summed E-state index contributed by atoms with van der Waals surface area (Å²) in [5.41, 5.74) is 1.64. The zero-order chi connectivity index (χ0) is 20.5. The number of ketones is 1. The number of benzene rings is 2. The monoisotopic (exact) mass is 380 g/mol. The SMILES string of the molecule is CC(C)(Oc1ccc2c(c1)CCC(=Cc1ccc(C(=O)O)cc1)C2=O)C(=O)O. The molecule has 6 heteroatoms. The van der Waals surface area contributed by atoms with Crippen LogP contribution < -0.4 is 4.74 Å². The number of carbonyl (C=O) groups excluding carboxylic acids is 1. The molecule has 0 radical (unpaired) electrons. The van der Waals surface area contributed by atoms with E-state index in [1.165, 1.54) is 26.0 Å². The maximum atomic E-state index is 12.8. The van der Waals surface area contributed by atoms with E-state index in [0.29, 0.717) is 29.7 Å². The van der Waals surface area contributed by atoms with Crippen molar-refractivity contribution >= 4 is 23.8 Å². The number of aryl methyl sites for hydroxylation is 1. The number of aromatic carboxylic acids is 1. The third kappa shape index (κ3) is 3.96. The van der Waals surface area contributed by atoms with E-state index in [4.69, 9.17) is 9.84 Å². The first-order chi connectivity index (χ1) is 13.2. The number of allylic oxidation sites excluding steroid dienone is 1. The van der Waals surface area contributed by atoms with Gasteiger partial charge in [-0.05, 0) is 74.2 Å². The molecule has 0 bridgehead atoms. The Morgan fingerprint density at radius 2 is 1.71 bits per heavy atom. The molecule has 144 valence electrons. The highest BCUT2D eigenvalue weighted by atomic mass is 16.5. The zero-order valence-electron chi connectivity index (χ0n) is 15.6. The number of hydrogen-bond donors (Lipinski definition) is 2. The molecular formula is C22H20O6. The summed E-state index contributed by atoms with van der Waals surface area (Å²) in [7, 11) is 0. The Morgan fingerprint density at radius 1 is 1.04 bits per heavy atom. The predicted octanol–water partition coefficient (Wildman–Crippen LogP) is 3.84. The van der Waals surface area contributed by atoms with Gasteiger partial charge in [-0.2, -0.15) is 0 Å². The fraction of sp³-hybridized carbons (Fsp3) is 0.227. The molecule has 0 saturated heterocycles. The molecule has 28 heavy (non-hydrogen) atoms. The summed E-state index contributed by atoms with van der Waals surface area (Å²) in [5, 5.41) is 18.1. The number of hydrogen-bond acceptors (Lipinski definition) is 4. The van der Waals surface area contributed by atoms with Crippen LogP contribution in [0, 0.1) is 0 Å². The summed E-state index contributed by atoms with van der Waals surface area (Å²) in [6.45, 7) is 2.94. The lowest BCUT2D eigenvalue weighted by molar-refractivity contribution is -0.152. The fourth-order valence-electron chi connectivity index (χ4n) is 3.02. The molecule has 2 aromatic carbocycles. The maximum Gasteiger partial charge on any atom is 0.347 e. The number of aliphatic carboxylic acids is 1. The van der Waals surface area contributed by atoms with Crippen LogP contribution in [0.2, 0.25) is 0 Å². The molecule has 1 aliphatic carbocycles. The predicted molar refractivity (Wildman–Crippen MR) is 103 cm³/mol. The minimum absolute atomic E-state index is 0.0902. The number of carboxylic acids is 2. The van der Waals surface area contributed by atoms with E-state index in [1.54, 1.807) is 36.4 Å². The average Bonchev–Trinajstić information content (AvgIpc) is 2.64. The van der Waals surface area contributed by atoms with Crippen molar-refractivity contribution in [1.82, 2.24) is 0 Å². The van der Waals surface area contributed by atoms with Crippen molar-refractivity contribution in [1.29, 1.82) is 0 Å². The smallest absolute Gasteiger partial charge is 0.347 e. The number of ether oxygens (including phenoxy) is 1. The third-order valence-electron chi connectivity index (χ3n) is 4.66. The summed E-state index contributed by atoms with van der Waals surface area (Å²) < 4.78 is 5.54. The quantitative estimate of drug-likeness (QED) is 0.765. The molecule has 0 amide bonds. The van der Waals surface area contributed by atoms with Gasteiger partial charge in [0.25, 0.3) is 0 Å². The first-order valence-electron chi connectivity index (χ1n) is 8.81. The van der Waals surface area contributed by atoms with Crippen molar-refractivity contribution < 1.29 is 29.3 Å². The van der Waals surface area contributed by atoms with E-state index in [1.807, 2.05) is 0 Å². The summed E-state index contributed by atoms with van der Waals surface area (Å²) in [4.78, 5) is 35.0. The highest BCUT2D eigenvalue weighted by molar-refractivity contribution is 6.13. The Kier molecular flexibility index (Phi) is 5.05. The largest absolute Gasteiger partial charge is 0.478 e. The van der Waals surface area contributed by atoms with Crippen LogP contribution in [0.15, 0.2) is 48.0 Å². The highest BCUT2D eigenvalue weighted by Crippen LogP contribution is 2.30. The van der Waals surface area contributed by atoms with Crippen molar-refractivity contribution in [2.75, 3.05) is 0 Å².